The number of hydrogen-bond donors (Lipinski definition) is 6. The van der Waals surface area contributed by atoms with E-state index < -0.39 is 53.1 Å². The average Bonchev–Trinajstić information content (AvgIpc) is 4.34. The van der Waals surface area contributed by atoms with Gasteiger partial charge in [0, 0.05) is 58.2 Å². The molecular formula is C61H76N10O6S2. The van der Waals surface area contributed by atoms with Crippen LogP contribution in [0.4, 0.5) is 0 Å². The fourth-order valence-corrected chi connectivity index (χ4v) is 11.7. The summed E-state index contributed by atoms with van der Waals surface area (Å²) in [6, 6.07) is 30.3. The number of rotatable bonds is 17. The van der Waals surface area contributed by atoms with E-state index in [2.05, 4.69) is 31.9 Å². The summed E-state index contributed by atoms with van der Waals surface area (Å²) in [7, 11) is 3.37. The van der Waals surface area contributed by atoms with Crippen molar-refractivity contribution >= 4 is 58.1 Å². The van der Waals surface area contributed by atoms with Crippen LogP contribution >= 0.6 is 22.7 Å². The molecule has 2 fully saturated rings. The molecule has 6 aromatic rings. The van der Waals surface area contributed by atoms with Crippen LogP contribution < -0.4 is 31.9 Å². The van der Waals surface area contributed by atoms with Gasteiger partial charge in [0.05, 0.1) is 36.1 Å². The summed E-state index contributed by atoms with van der Waals surface area (Å²) in [5.41, 5.74) is 4.87. The molecule has 0 aliphatic carbocycles. The Labute approximate surface area is 473 Å². The number of likely N-dealkylation sites (N-methyl/N-ethyl adjacent to an activating group) is 2. The SMILES string of the molecule is CC.CNCC(=O)NC(C(=O)N1CC(NC(=O)c2ccc(-c3ccc(C(=O)NC4CC(c5nc(-c6ccccc6)cs5)N(C(=O)C(NC(=O)[C@H](C)NC)C(C)(C)C)C4)cc3)cc2)CC1c1nc(-c2ccccc2)cs1)C(C)(C)C. The van der Waals surface area contributed by atoms with Crippen LogP contribution in [-0.4, -0.2) is 119 Å². The van der Waals surface area contributed by atoms with Gasteiger partial charge >= 0.3 is 0 Å². The molecule has 418 valence electrons. The number of carbonyl (C=O) groups excluding carboxylic acids is 6. The molecule has 7 atom stereocenters. The van der Waals surface area contributed by atoms with Crippen molar-refractivity contribution in [2.45, 2.75) is 117 Å². The highest BCUT2D eigenvalue weighted by Gasteiger charge is 2.46. The van der Waals surface area contributed by atoms with Gasteiger partial charge in [-0.05, 0) is 80.1 Å². The second kappa shape index (κ2) is 26.2. The van der Waals surface area contributed by atoms with Crippen LogP contribution in [0, 0.1) is 10.8 Å². The zero-order valence-electron chi connectivity index (χ0n) is 47.2. The van der Waals surface area contributed by atoms with Crippen molar-refractivity contribution in [2.24, 2.45) is 10.8 Å². The van der Waals surface area contributed by atoms with Crippen molar-refractivity contribution in [3.05, 3.63) is 141 Å². The molecule has 2 aliphatic rings. The van der Waals surface area contributed by atoms with E-state index in [0.717, 1.165) is 43.7 Å². The molecule has 6 amide bonds. The number of likely N-dealkylation sites (tertiary alicyclic amines) is 2. The van der Waals surface area contributed by atoms with Gasteiger partial charge in [0.15, 0.2) is 0 Å². The number of aromatic nitrogens is 2. The molecule has 6 unspecified atom stereocenters. The Balaban J connectivity index is 0.00000446. The molecule has 2 aliphatic heterocycles. The van der Waals surface area contributed by atoms with Gasteiger partial charge in [-0.25, -0.2) is 9.97 Å². The van der Waals surface area contributed by atoms with E-state index in [1.54, 1.807) is 55.1 Å². The molecule has 4 aromatic carbocycles. The van der Waals surface area contributed by atoms with Gasteiger partial charge in [-0.15, -0.1) is 22.7 Å². The van der Waals surface area contributed by atoms with Crippen molar-refractivity contribution in [2.75, 3.05) is 33.7 Å². The van der Waals surface area contributed by atoms with Crippen molar-refractivity contribution < 1.29 is 28.8 Å². The minimum atomic E-state index is -0.836. The van der Waals surface area contributed by atoms with Gasteiger partial charge in [-0.3, -0.25) is 28.8 Å². The lowest BCUT2D eigenvalue weighted by molar-refractivity contribution is -0.140. The summed E-state index contributed by atoms with van der Waals surface area (Å²) in [5, 5.41) is 23.6. The van der Waals surface area contributed by atoms with Gasteiger partial charge in [0.25, 0.3) is 11.8 Å². The molecule has 4 heterocycles. The molecule has 79 heavy (non-hydrogen) atoms. The van der Waals surface area contributed by atoms with Gasteiger partial charge in [0.1, 0.15) is 22.1 Å². The third-order valence-electron chi connectivity index (χ3n) is 14.2. The molecule has 6 N–H and O–H groups in total. The first-order valence-electron chi connectivity index (χ1n) is 27.1. The third kappa shape index (κ3) is 14.6. The molecule has 8 rings (SSSR count). The molecular weight excluding hydrogens is 1030 g/mol. The minimum absolute atomic E-state index is 0.0643. The summed E-state index contributed by atoms with van der Waals surface area (Å²) >= 11 is 2.94. The maximum absolute atomic E-state index is 14.6. The predicted octanol–water partition coefficient (Wildman–Crippen LogP) is 8.66. The van der Waals surface area contributed by atoms with E-state index in [-0.39, 0.29) is 55.1 Å². The molecule has 16 nitrogen and oxygen atoms in total. The largest absolute Gasteiger partial charge is 0.347 e. The lowest BCUT2D eigenvalue weighted by Crippen LogP contribution is -2.57. The van der Waals surface area contributed by atoms with Crippen molar-refractivity contribution in [3.63, 3.8) is 0 Å². The van der Waals surface area contributed by atoms with Crippen LogP contribution in [0.5, 0.6) is 0 Å². The topological polar surface area (TPSA) is 207 Å². The number of thiazole rings is 2. The number of benzene rings is 4. The summed E-state index contributed by atoms with van der Waals surface area (Å²) < 4.78 is 0. The second-order valence-electron chi connectivity index (χ2n) is 22.1. The van der Waals surface area contributed by atoms with Gasteiger partial charge < -0.3 is 41.7 Å². The highest BCUT2D eigenvalue weighted by molar-refractivity contribution is 7.10. The Morgan fingerprint density at radius 3 is 1.33 bits per heavy atom. The lowest BCUT2D eigenvalue weighted by atomic mass is 9.85. The summed E-state index contributed by atoms with van der Waals surface area (Å²) in [6.45, 7) is 17.8. The fourth-order valence-electron chi connectivity index (χ4n) is 9.77. The molecule has 18 heteroatoms. The third-order valence-corrected chi connectivity index (χ3v) is 16.1. The quantitative estimate of drug-likeness (QED) is 0.0513. The zero-order chi connectivity index (χ0) is 57.2. The van der Waals surface area contributed by atoms with E-state index >= 15 is 0 Å². The number of hydrogen-bond acceptors (Lipinski definition) is 12. The first kappa shape index (κ1) is 59.5. The Morgan fingerprint density at radius 2 is 0.962 bits per heavy atom. The van der Waals surface area contributed by atoms with Crippen LogP contribution in [0.3, 0.4) is 0 Å². The first-order valence-corrected chi connectivity index (χ1v) is 28.8. The van der Waals surface area contributed by atoms with E-state index in [9.17, 15) is 28.8 Å². The molecule has 0 saturated carbocycles. The van der Waals surface area contributed by atoms with Crippen LogP contribution in [0.1, 0.15) is 118 Å². The summed E-state index contributed by atoms with van der Waals surface area (Å²) in [6.07, 6.45) is 0.869. The minimum Gasteiger partial charge on any atom is -0.347 e. The average molecular weight is 1110 g/mol. The Kier molecular flexibility index (Phi) is 19.8. The molecule has 2 aromatic heterocycles. The molecule has 2 saturated heterocycles. The maximum atomic E-state index is 14.6. The van der Waals surface area contributed by atoms with Crippen LogP contribution in [0.25, 0.3) is 33.6 Å². The standard InChI is InChI=1S/C59H70N10O6S2.C2H6/c1-35(61-9)51(71)67-50(59(5,6)7)57(75)69-32-43(29-47(69)55-65-45(34-77-55)39-18-14-11-15-19-39)63-53(73)41-26-22-37(23-27-41)36-20-24-40(25-21-36)52(72)62-42-28-46(54-64-44(33-76-54)38-16-12-10-13-17-38)68(31-42)56(74)49(58(2,3)4)66-48(70)30-60-8;1-2/h10-27,33-35,42-43,46-47,49-50,60-61H,28-32H2,1-9H3,(H,62,72)(H,63,73)(H,66,70)(H,67,71);1-2H3/t35-,42?,43?,46?,47?,49?,50?;/m0./s1. The molecule has 0 bridgehead atoms. The highest BCUT2D eigenvalue weighted by atomic mass is 32.1. The van der Waals surface area contributed by atoms with Gasteiger partial charge in [-0.1, -0.05) is 140 Å². The first-order chi connectivity index (χ1) is 37.7. The van der Waals surface area contributed by atoms with E-state index in [0.29, 0.717) is 24.0 Å². The molecule has 0 radical (unpaired) electrons. The Morgan fingerprint density at radius 1 is 0.570 bits per heavy atom. The second-order valence-corrected chi connectivity index (χ2v) is 23.8. The summed E-state index contributed by atoms with van der Waals surface area (Å²) in [5.74, 6) is -1.63. The number of nitrogens with one attached hydrogen (secondary N) is 6. The van der Waals surface area contributed by atoms with Crippen LogP contribution in [-0.2, 0) is 19.2 Å². The Bertz CT molecular complexity index is 3040. The van der Waals surface area contributed by atoms with Crippen LogP contribution in [0.2, 0.25) is 0 Å². The number of carbonyl (C=O) groups is 6. The highest BCUT2D eigenvalue weighted by Crippen LogP contribution is 2.40. The molecule has 0 spiro atoms. The fraction of sp³-hybridized carbons (Fsp3) is 0.410. The summed E-state index contributed by atoms with van der Waals surface area (Å²) in [4.78, 5) is 96.5. The predicted molar refractivity (Wildman–Crippen MR) is 314 cm³/mol. The van der Waals surface area contributed by atoms with Crippen molar-refractivity contribution in [1.82, 2.24) is 51.7 Å². The Hall–Kier alpha value is -7.12. The van der Waals surface area contributed by atoms with Crippen molar-refractivity contribution in [1.29, 1.82) is 0 Å². The van der Waals surface area contributed by atoms with Gasteiger partial charge in [0.2, 0.25) is 23.6 Å². The van der Waals surface area contributed by atoms with E-state index in [1.807, 2.05) is 151 Å². The van der Waals surface area contributed by atoms with Gasteiger partial charge in [-0.2, -0.15) is 0 Å². The normalized spacial score (nSPS) is 18.4. The number of nitrogens with zero attached hydrogens (tertiary/aromatic N) is 4. The lowest BCUT2D eigenvalue weighted by Gasteiger charge is -2.36. The zero-order valence-corrected chi connectivity index (χ0v) is 48.8. The maximum Gasteiger partial charge on any atom is 0.251 e. The monoisotopic (exact) mass is 1110 g/mol. The van der Waals surface area contributed by atoms with E-state index in [4.69, 9.17) is 9.97 Å². The van der Waals surface area contributed by atoms with Crippen LogP contribution in [0.15, 0.2) is 120 Å². The smallest absolute Gasteiger partial charge is 0.251 e. The number of amides is 6. The van der Waals surface area contributed by atoms with E-state index in [1.165, 1.54) is 22.7 Å². The van der Waals surface area contributed by atoms with Crippen molar-refractivity contribution in [3.8, 4) is 33.6 Å².